The van der Waals surface area contributed by atoms with Gasteiger partial charge in [-0.1, -0.05) is 0 Å². The van der Waals surface area contributed by atoms with Gasteiger partial charge in [-0.05, 0) is 6.07 Å². The van der Waals surface area contributed by atoms with Crippen molar-refractivity contribution < 1.29 is 23.6 Å². The quantitative estimate of drug-likeness (QED) is 0.657. The summed E-state index contributed by atoms with van der Waals surface area (Å²) in [5, 5.41) is 19.5. The Morgan fingerprint density at radius 3 is 2.67 bits per heavy atom. The molecule has 2 aromatic rings. The summed E-state index contributed by atoms with van der Waals surface area (Å²) in [6.45, 7) is 0. The van der Waals surface area contributed by atoms with Crippen LogP contribution in [0.3, 0.4) is 0 Å². The molecule has 0 radical (unpaired) electrons. The van der Waals surface area contributed by atoms with Crippen molar-refractivity contribution in [3.05, 3.63) is 34.1 Å². The van der Waals surface area contributed by atoms with E-state index < -0.39 is 28.7 Å². The summed E-state index contributed by atoms with van der Waals surface area (Å²) in [6, 6.07) is 1.56. The van der Waals surface area contributed by atoms with Crippen molar-refractivity contribution in [3.63, 3.8) is 0 Å². The second-order valence-electron chi connectivity index (χ2n) is 3.36. The SMILES string of the molecule is O=C(O)n1cnc2c([N+](=O)[O-])cc(C(F)F)cc21. The fraction of sp³-hybridized carbons (Fsp3) is 0.111. The molecule has 2 rings (SSSR count). The Morgan fingerprint density at radius 2 is 2.17 bits per heavy atom. The number of non-ortho nitro benzene ring substituents is 1. The second-order valence-corrected chi connectivity index (χ2v) is 3.36. The Balaban J connectivity index is 2.83. The summed E-state index contributed by atoms with van der Waals surface area (Å²) >= 11 is 0. The van der Waals surface area contributed by atoms with Gasteiger partial charge >= 0.3 is 6.09 Å². The molecular weight excluding hydrogens is 252 g/mol. The summed E-state index contributed by atoms with van der Waals surface area (Å²) in [4.78, 5) is 24.2. The van der Waals surface area contributed by atoms with Crippen LogP contribution in [0, 0.1) is 10.1 Å². The van der Waals surface area contributed by atoms with Gasteiger partial charge in [0.1, 0.15) is 6.33 Å². The molecule has 1 aromatic carbocycles. The van der Waals surface area contributed by atoms with Gasteiger partial charge in [-0.15, -0.1) is 0 Å². The Kier molecular flexibility index (Phi) is 2.66. The van der Waals surface area contributed by atoms with Crippen molar-refractivity contribution in [2.24, 2.45) is 0 Å². The van der Waals surface area contributed by atoms with E-state index >= 15 is 0 Å². The van der Waals surface area contributed by atoms with E-state index in [9.17, 15) is 23.7 Å². The van der Waals surface area contributed by atoms with Crippen molar-refractivity contribution >= 4 is 22.8 Å². The number of carbonyl (C=O) groups is 1. The summed E-state index contributed by atoms with van der Waals surface area (Å²) in [7, 11) is 0. The number of carboxylic acid groups (broad SMARTS) is 1. The molecule has 94 valence electrons. The zero-order valence-electron chi connectivity index (χ0n) is 8.58. The third kappa shape index (κ3) is 1.75. The van der Waals surface area contributed by atoms with Crippen molar-refractivity contribution in [3.8, 4) is 0 Å². The maximum atomic E-state index is 12.6. The first kappa shape index (κ1) is 11.9. The van der Waals surface area contributed by atoms with E-state index in [4.69, 9.17) is 5.11 Å². The van der Waals surface area contributed by atoms with Gasteiger partial charge < -0.3 is 5.11 Å². The molecule has 0 saturated carbocycles. The molecule has 0 spiro atoms. The average Bonchev–Trinajstić information content (AvgIpc) is 2.70. The highest BCUT2D eigenvalue weighted by Gasteiger charge is 2.22. The topological polar surface area (TPSA) is 98.3 Å². The van der Waals surface area contributed by atoms with E-state index in [2.05, 4.69) is 4.98 Å². The first-order valence-electron chi connectivity index (χ1n) is 4.58. The number of rotatable bonds is 2. The maximum Gasteiger partial charge on any atom is 0.417 e. The number of benzene rings is 1. The minimum absolute atomic E-state index is 0.244. The number of hydrogen-bond donors (Lipinski definition) is 1. The Labute approximate surface area is 97.4 Å². The predicted molar refractivity (Wildman–Crippen MR) is 54.8 cm³/mol. The zero-order valence-corrected chi connectivity index (χ0v) is 8.58. The highest BCUT2D eigenvalue weighted by Crippen LogP contribution is 2.30. The fourth-order valence-corrected chi connectivity index (χ4v) is 1.54. The fourth-order valence-electron chi connectivity index (χ4n) is 1.54. The van der Waals surface area contributed by atoms with Gasteiger partial charge in [-0.25, -0.2) is 23.1 Å². The number of nitro benzene ring substituents is 1. The number of nitrogens with zero attached hydrogens (tertiary/aromatic N) is 3. The molecule has 0 fully saturated rings. The Hall–Kier alpha value is -2.58. The highest BCUT2D eigenvalue weighted by atomic mass is 19.3. The first-order valence-corrected chi connectivity index (χ1v) is 4.58. The summed E-state index contributed by atoms with van der Waals surface area (Å²) in [5.41, 5.74) is -1.76. The molecule has 0 aliphatic carbocycles. The van der Waals surface area contributed by atoms with Crippen molar-refractivity contribution in [1.29, 1.82) is 0 Å². The highest BCUT2D eigenvalue weighted by molar-refractivity contribution is 5.91. The molecule has 0 unspecified atom stereocenters. The van der Waals surface area contributed by atoms with E-state index in [0.717, 1.165) is 12.4 Å². The van der Waals surface area contributed by atoms with E-state index in [1.165, 1.54) is 0 Å². The van der Waals surface area contributed by atoms with Crippen LogP contribution < -0.4 is 0 Å². The predicted octanol–water partition coefficient (Wildman–Crippen LogP) is 2.41. The summed E-state index contributed by atoms with van der Waals surface area (Å²) < 4.78 is 25.7. The van der Waals surface area contributed by atoms with E-state index in [-0.39, 0.29) is 11.0 Å². The minimum Gasteiger partial charge on any atom is -0.464 e. The molecule has 0 saturated heterocycles. The maximum absolute atomic E-state index is 12.6. The number of alkyl halides is 2. The lowest BCUT2D eigenvalue weighted by atomic mass is 10.1. The first-order chi connectivity index (χ1) is 8.41. The largest absolute Gasteiger partial charge is 0.464 e. The van der Waals surface area contributed by atoms with Crippen molar-refractivity contribution in [2.45, 2.75) is 6.43 Å². The van der Waals surface area contributed by atoms with Crippen LogP contribution in [-0.2, 0) is 0 Å². The molecule has 0 aliphatic rings. The lowest BCUT2D eigenvalue weighted by Crippen LogP contribution is -2.06. The number of fused-ring (bicyclic) bond motifs is 1. The van der Waals surface area contributed by atoms with E-state index in [1.807, 2.05) is 0 Å². The Bertz CT molecular complexity index is 653. The number of nitro groups is 1. The third-order valence-electron chi connectivity index (χ3n) is 2.31. The van der Waals surface area contributed by atoms with Crippen LogP contribution in [-0.4, -0.2) is 25.7 Å². The minimum atomic E-state index is -2.94. The van der Waals surface area contributed by atoms with Crippen molar-refractivity contribution in [1.82, 2.24) is 9.55 Å². The summed E-state index contributed by atoms with van der Waals surface area (Å²) in [6.07, 6.45) is -3.57. The van der Waals surface area contributed by atoms with Gasteiger partial charge in [0.2, 0.25) is 0 Å². The molecule has 1 N–H and O–H groups in total. The molecule has 0 amide bonds. The lowest BCUT2D eigenvalue weighted by molar-refractivity contribution is -0.383. The van der Waals surface area contributed by atoms with Crippen LogP contribution in [0.5, 0.6) is 0 Å². The Morgan fingerprint density at radius 1 is 1.50 bits per heavy atom. The van der Waals surface area contributed by atoms with Crippen LogP contribution in [0.15, 0.2) is 18.5 Å². The molecule has 18 heavy (non-hydrogen) atoms. The number of hydrogen-bond acceptors (Lipinski definition) is 4. The van der Waals surface area contributed by atoms with Gasteiger partial charge in [0.05, 0.1) is 10.4 Å². The normalized spacial score (nSPS) is 11.1. The van der Waals surface area contributed by atoms with Crippen LogP contribution in [0.4, 0.5) is 19.3 Å². The van der Waals surface area contributed by atoms with Gasteiger partial charge in [0.15, 0.2) is 5.52 Å². The van der Waals surface area contributed by atoms with Gasteiger partial charge in [-0.2, -0.15) is 0 Å². The molecule has 0 aliphatic heterocycles. The smallest absolute Gasteiger partial charge is 0.417 e. The van der Waals surface area contributed by atoms with Crippen molar-refractivity contribution in [2.75, 3.05) is 0 Å². The van der Waals surface area contributed by atoms with Crippen LogP contribution >= 0.6 is 0 Å². The molecule has 1 aromatic heterocycles. The summed E-state index contributed by atoms with van der Waals surface area (Å²) in [5.74, 6) is 0. The average molecular weight is 257 g/mol. The molecule has 0 atom stereocenters. The zero-order chi connectivity index (χ0) is 13.4. The van der Waals surface area contributed by atoms with E-state index in [1.54, 1.807) is 0 Å². The van der Waals surface area contributed by atoms with Crippen LogP contribution in [0.2, 0.25) is 0 Å². The molecular formula is C9H5F2N3O4. The monoisotopic (exact) mass is 257 g/mol. The molecule has 7 nitrogen and oxygen atoms in total. The molecule has 9 heteroatoms. The molecule has 0 bridgehead atoms. The molecule has 1 heterocycles. The number of aromatic nitrogens is 2. The van der Waals surface area contributed by atoms with Gasteiger partial charge in [0.25, 0.3) is 12.1 Å². The van der Waals surface area contributed by atoms with Crippen LogP contribution in [0.25, 0.3) is 11.0 Å². The third-order valence-corrected chi connectivity index (χ3v) is 2.31. The standard InChI is InChI=1S/C9H5F2N3O4/c10-8(11)4-1-5-7(6(2-4)14(17)18)12-3-13(5)9(15)16/h1-3,8H,(H,15,16). The van der Waals surface area contributed by atoms with Gasteiger partial charge in [-0.3, -0.25) is 10.1 Å². The van der Waals surface area contributed by atoms with E-state index in [0.29, 0.717) is 10.6 Å². The van der Waals surface area contributed by atoms with Gasteiger partial charge in [0, 0.05) is 11.6 Å². The number of halogens is 2. The number of imidazole rings is 1. The second kappa shape index (κ2) is 4.02. The lowest BCUT2D eigenvalue weighted by Gasteiger charge is -2.02. The van der Waals surface area contributed by atoms with Crippen LogP contribution in [0.1, 0.15) is 12.0 Å².